The number of nitrogens with zero attached hydrogens (tertiary/aromatic N) is 1. The molecule has 1 unspecified atom stereocenters. The third-order valence-electron chi connectivity index (χ3n) is 2.15. The number of hydrogen-bond donors (Lipinski definition) is 2. The summed E-state index contributed by atoms with van der Waals surface area (Å²) in [5.41, 5.74) is 0.530. The van der Waals surface area contributed by atoms with Gasteiger partial charge in [-0.05, 0) is 17.7 Å². The Bertz CT molecular complexity index is 496. The molecule has 1 aromatic carbocycles. The number of rotatable bonds is 3. The summed E-state index contributed by atoms with van der Waals surface area (Å²) in [4.78, 5) is 15.2. The second-order valence-corrected chi connectivity index (χ2v) is 4.16. The van der Waals surface area contributed by atoms with Gasteiger partial charge in [0.05, 0.1) is 0 Å². The standard InChI is InChI=1S/C11H9NO3S/c13-8-3-1-2-7(6-8)9(11(14)15)10-12-4-5-16-10/h1-6,9,13H,(H,14,15). The fourth-order valence-corrected chi connectivity index (χ4v) is 2.23. The van der Waals surface area contributed by atoms with Gasteiger partial charge in [-0.3, -0.25) is 4.79 Å². The first-order valence-electron chi connectivity index (χ1n) is 4.59. The molecule has 0 amide bonds. The predicted molar refractivity (Wildman–Crippen MR) is 59.7 cm³/mol. The number of benzene rings is 1. The van der Waals surface area contributed by atoms with Gasteiger partial charge in [-0.2, -0.15) is 0 Å². The Hall–Kier alpha value is -1.88. The molecule has 0 fully saturated rings. The van der Waals surface area contributed by atoms with Crippen LogP contribution in [0.2, 0.25) is 0 Å². The molecule has 2 rings (SSSR count). The van der Waals surface area contributed by atoms with E-state index < -0.39 is 11.9 Å². The smallest absolute Gasteiger partial charge is 0.317 e. The molecule has 4 nitrogen and oxygen atoms in total. The normalized spacial score (nSPS) is 12.2. The number of aromatic hydroxyl groups is 1. The fraction of sp³-hybridized carbons (Fsp3) is 0.0909. The quantitative estimate of drug-likeness (QED) is 0.854. The van der Waals surface area contributed by atoms with Crippen molar-refractivity contribution in [1.82, 2.24) is 4.98 Å². The molecular weight excluding hydrogens is 226 g/mol. The van der Waals surface area contributed by atoms with Gasteiger partial charge >= 0.3 is 5.97 Å². The SMILES string of the molecule is O=C(O)C(c1cccc(O)c1)c1nccs1. The molecule has 0 bridgehead atoms. The van der Waals surface area contributed by atoms with Gasteiger partial charge in [-0.15, -0.1) is 11.3 Å². The van der Waals surface area contributed by atoms with Crippen molar-refractivity contribution >= 4 is 17.3 Å². The molecule has 0 radical (unpaired) electrons. The van der Waals surface area contributed by atoms with Crippen LogP contribution in [0.5, 0.6) is 5.75 Å². The molecule has 1 atom stereocenters. The molecule has 0 saturated heterocycles. The van der Waals surface area contributed by atoms with E-state index in [1.807, 2.05) is 0 Å². The summed E-state index contributed by atoms with van der Waals surface area (Å²) in [5, 5.41) is 20.7. The van der Waals surface area contributed by atoms with E-state index in [1.165, 1.54) is 23.5 Å². The van der Waals surface area contributed by atoms with Gasteiger partial charge in [0, 0.05) is 11.6 Å². The third kappa shape index (κ3) is 2.04. The lowest BCUT2D eigenvalue weighted by molar-refractivity contribution is -0.137. The maximum atomic E-state index is 11.2. The summed E-state index contributed by atoms with van der Waals surface area (Å²) >= 11 is 1.29. The highest BCUT2D eigenvalue weighted by atomic mass is 32.1. The first kappa shape index (κ1) is 10.6. The topological polar surface area (TPSA) is 70.4 Å². The zero-order valence-electron chi connectivity index (χ0n) is 8.20. The number of thiazole rings is 1. The highest BCUT2D eigenvalue weighted by molar-refractivity contribution is 7.09. The number of carboxylic acid groups (broad SMARTS) is 1. The number of carbonyl (C=O) groups is 1. The minimum Gasteiger partial charge on any atom is -0.508 e. The van der Waals surface area contributed by atoms with E-state index in [0.29, 0.717) is 10.6 Å². The summed E-state index contributed by atoms with van der Waals surface area (Å²) in [7, 11) is 0. The molecule has 0 spiro atoms. The Morgan fingerprint density at radius 2 is 2.25 bits per heavy atom. The minimum atomic E-state index is -0.972. The van der Waals surface area contributed by atoms with E-state index in [9.17, 15) is 15.0 Å². The van der Waals surface area contributed by atoms with E-state index in [1.54, 1.807) is 23.7 Å². The van der Waals surface area contributed by atoms with Crippen molar-refractivity contribution in [2.75, 3.05) is 0 Å². The van der Waals surface area contributed by atoms with Crippen molar-refractivity contribution in [1.29, 1.82) is 0 Å². The van der Waals surface area contributed by atoms with E-state index in [0.717, 1.165) is 0 Å². The molecule has 0 saturated carbocycles. The first-order chi connectivity index (χ1) is 7.68. The van der Waals surface area contributed by atoms with Gasteiger partial charge in [0.25, 0.3) is 0 Å². The summed E-state index contributed by atoms with van der Waals surface area (Å²) in [6, 6.07) is 6.23. The van der Waals surface area contributed by atoms with Crippen LogP contribution in [0.25, 0.3) is 0 Å². The van der Waals surface area contributed by atoms with Crippen LogP contribution in [0.3, 0.4) is 0 Å². The van der Waals surface area contributed by atoms with Crippen LogP contribution in [0.15, 0.2) is 35.8 Å². The van der Waals surface area contributed by atoms with Crippen LogP contribution in [-0.4, -0.2) is 21.2 Å². The van der Waals surface area contributed by atoms with E-state index in [-0.39, 0.29) is 5.75 Å². The minimum absolute atomic E-state index is 0.0558. The van der Waals surface area contributed by atoms with E-state index in [2.05, 4.69) is 4.98 Å². The monoisotopic (exact) mass is 235 g/mol. The Labute approximate surface area is 95.8 Å². The highest BCUT2D eigenvalue weighted by Crippen LogP contribution is 2.28. The summed E-state index contributed by atoms with van der Waals surface area (Å²) in [6.45, 7) is 0. The highest BCUT2D eigenvalue weighted by Gasteiger charge is 2.24. The first-order valence-corrected chi connectivity index (χ1v) is 5.47. The lowest BCUT2D eigenvalue weighted by Crippen LogP contribution is -2.12. The maximum absolute atomic E-state index is 11.2. The van der Waals surface area contributed by atoms with Crippen molar-refractivity contribution < 1.29 is 15.0 Å². The molecule has 16 heavy (non-hydrogen) atoms. The zero-order valence-corrected chi connectivity index (χ0v) is 9.02. The molecule has 0 aliphatic heterocycles. The van der Waals surface area contributed by atoms with Gasteiger partial charge in [0.2, 0.25) is 0 Å². The Morgan fingerprint density at radius 1 is 1.44 bits per heavy atom. The average Bonchev–Trinajstić information content (AvgIpc) is 2.71. The maximum Gasteiger partial charge on any atom is 0.317 e. The fourth-order valence-electron chi connectivity index (χ4n) is 1.47. The van der Waals surface area contributed by atoms with Crippen LogP contribution in [0, 0.1) is 0 Å². The van der Waals surface area contributed by atoms with Crippen LogP contribution in [-0.2, 0) is 4.79 Å². The van der Waals surface area contributed by atoms with Gasteiger partial charge < -0.3 is 10.2 Å². The molecule has 5 heteroatoms. The number of phenolic OH excluding ortho intramolecular Hbond substituents is 1. The number of aliphatic carboxylic acids is 1. The molecule has 2 aromatic rings. The molecule has 82 valence electrons. The van der Waals surface area contributed by atoms with Crippen molar-refractivity contribution in [3.8, 4) is 5.75 Å². The van der Waals surface area contributed by atoms with E-state index >= 15 is 0 Å². The third-order valence-corrected chi connectivity index (χ3v) is 2.99. The van der Waals surface area contributed by atoms with Crippen LogP contribution < -0.4 is 0 Å². The molecule has 2 N–H and O–H groups in total. The van der Waals surface area contributed by atoms with Gasteiger partial charge in [-0.1, -0.05) is 12.1 Å². The molecule has 1 heterocycles. The Balaban J connectivity index is 2.45. The predicted octanol–water partition coefficient (Wildman–Crippen LogP) is 2.07. The van der Waals surface area contributed by atoms with E-state index in [4.69, 9.17) is 0 Å². The van der Waals surface area contributed by atoms with Gasteiger partial charge in [0.15, 0.2) is 0 Å². The Morgan fingerprint density at radius 3 is 2.81 bits per heavy atom. The van der Waals surface area contributed by atoms with Crippen molar-refractivity contribution in [2.24, 2.45) is 0 Å². The number of phenols is 1. The van der Waals surface area contributed by atoms with Gasteiger partial charge in [-0.25, -0.2) is 4.98 Å². The largest absolute Gasteiger partial charge is 0.508 e. The second-order valence-electron chi connectivity index (χ2n) is 3.24. The second kappa shape index (κ2) is 4.32. The molecule has 0 aliphatic rings. The van der Waals surface area contributed by atoms with Crippen LogP contribution in [0.1, 0.15) is 16.5 Å². The summed E-state index contributed by atoms with van der Waals surface area (Å²) < 4.78 is 0. The van der Waals surface area contributed by atoms with Crippen LogP contribution >= 0.6 is 11.3 Å². The summed E-state index contributed by atoms with van der Waals surface area (Å²) in [6.07, 6.45) is 1.57. The molecule has 1 aromatic heterocycles. The molecular formula is C11H9NO3S. The Kier molecular flexibility index (Phi) is 2.87. The number of carboxylic acids is 1. The lowest BCUT2D eigenvalue weighted by Gasteiger charge is -2.09. The van der Waals surface area contributed by atoms with Gasteiger partial charge in [0.1, 0.15) is 16.7 Å². The number of aromatic nitrogens is 1. The van der Waals surface area contributed by atoms with Crippen molar-refractivity contribution in [3.05, 3.63) is 46.4 Å². The summed E-state index contributed by atoms with van der Waals surface area (Å²) in [5.74, 6) is -1.73. The van der Waals surface area contributed by atoms with Crippen molar-refractivity contribution in [2.45, 2.75) is 5.92 Å². The zero-order chi connectivity index (χ0) is 11.5. The molecule has 0 aliphatic carbocycles. The average molecular weight is 235 g/mol. The van der Waals surface area contributed by atoms with Crippen molar-refractivity contribution in [3.63, 3.8) is 0 Å². The lowest BCUT2D eigenvalue weighted by atomic mass is 10.00. The van der Waals surface area contributed by atoms with Crippen LogP contribution in [0.4, 0.5) is 0 Å². The number of hydrogen-bond acceptors (Lipinski definition) is 4.